The van der Waals surface area contributed by atoms with Gasteiger partial charge >= 0.3 is 5.97 Å². The molecule has 0 aliphatic heterocycles. The molecule has 152 valence electrons. The number of aryl methyl sites for hydroxylation is 1. The van der Waals surface area contributed by atoms with E-state index in [0.29, 0.717) is 17.6 Å². The van der Waals surface area contributed by atoms with Crippen molar-refractivity contribution in [1.29, 1.82) is 0 Å². The van der Waals surface area contributed by atoms with E-state index >= 15 is 0 Å². The molecule has 3 rings (SSSR count). The number of benzene rings is 1. The van der Waals surface area contributed by atoms with Gasteiger partial charge in [-0.1, -0.05) is 12.1 Å². The third-order valence-electron chi connectivity index (χ3n) is 4.80. The molecule has 1 aromatic carbocycles. The molecule has 0 saturated heterocycles. The Bertz CT molecular complexity index is 1120. The van der Waals surface area contributed by atoms with Crippen LogP contribution in [0.5, 0.6) is 0 Å². The molecule has 1 atom stereocenters. The zero-order valence-corrected chi connectivity index (χ0v) is 16.9. The first kappa shape index (κ1) is 20.5. The van der Waals surface area contributed by atoms with Crippen LogP contribution in [0.2, 0.25) is 0 Å². The number of methoxy groups -OCH3 is 1. The third-order valence-corrected chi connectivity index (χ3v) is 4.80. The standard InChI is InChI=1S/C22H23NO6/c1-13-9-17(15(3)23(13)14(2)11-27-4)19(25)12-28-22(26)21-10-18(24)16-7-5-6-8-20(16)29-21/h5-10,14H,11-12H2,1-4H3/t14-/m1/s1. The number of esters is 1. The molecule has 0 amide bonds. The van der Waals surface area contributed by atoms with Crippen molar-refractivity contribution in [3.8, 4) is 0 Å². The van der Waals surface area contributed by atoms with Gasteiger partial charge in [0, 0.05) is 30.1 Å². The van der Waals surface area contributed by atoms with Crippen molar-refractivity contribution in [3.63, 3.8) is 0 Å². The first-order valence-electron chi connectivity index (χ1n) is 9.24. The van der Waals surface area contributed by atoms with Gasteiger partial charge in [-0.15, -0.1) is 0 Å². The van der Waals surface area contributed by atoms with Crippen molar-refractivity contribution in [1.82, 2.24) is 4.57 Å². The molecule has 0 N–H and O–H groups in total. The van der Waals surface area contributed by atoms with Gasteiger partial charge in [-0.25, -0.2) is 4.79 Å². The van der Waals surface area contributed by atoms with Gasteiger partial charge < -0.3 is 18.5 Å². The smallest absolute Gasteiger partial charge is 0.374 e. The van der Waals surface area contributed by atoms with E-state index in [1.54, 1.807) is 37.4 Å². The van der Waals surface area contributed by atoms with E-state index in [-0.39, 0.29) is 28.6 Å². The van der Waals surface area contributed by atoms with Gasteiger partial charge in [0.25, 0.3) is 0 Å². The summed E-state index contributed by atoms with van der Waals surface area (Å²) < 4.78 is 17.8. The minimum atomic E-state index is -0.859. The molecule has 3 aromatic rings. The number of hydrogen-bond acceptors (Lipinski definition) is 6. The molecule has 29 heavy (non-hydrogen) atoms. The lowest BCUT2D eigenvalue weighted by molar-refractivity contribution is 0.0444. The largest absolute Gasteiger partial charge is 0.451 e. The molecule has 0 aliphatic carbocycles. The number of nitrogens with zero attached hydrogens (tertiary/aromatic N) is 1. The number of ether oxygens (including phenoxy) is 2. The van der Waals surface area contributed by atoms with Crippen LogP contribution in [0.1, 0.15) is 45.3 Å². The average Bonchev–Trinajstić information content (AvgIpc) is 3.00. The molecule has 7 nitrogen and oxygen atoms in total. The highest BCUT2D eigenvalue weighted by atomic mass is 16.5. The molecule has 7 heteroatoms. The predicted octanol–water partition coefficient (Wildman–Crippen LogP) is 3.46. The second-order valence-corrected chi connectivity index (χ2v) is 6.93. The maximum Gasteiger partial charge on any atom is 0.374 e. The number of ketones is 1. The summed E-state index contributed by atoms with van der Waals surface area (Å²) in [6, 6.07) is 9.52. The van der Waals surface area contributed by atoms with Crippen LogP contribution in [-0.4, -0.2) is 36.6 Å². The van der Waals surface area contributed by atoms with E-state index in [4.69, 9.17) is 13.9 Å². The van der Waals surface area contributed by atoms with E-state index < -0.39 is 12.6 Å². The van der Waals surface area contributed by atoms with Crippen LogP contribution in [-0.2, 0) is 9.47 Å². The number of Topliss-reactive ketones (excluding diaryl/α,β-unsaturated/α-hetero) is 1. The van der Waals surface area contributed by atoms with Crippen LogP contribution >= 0.6 is 0 Å². The molecule has 0 bridgehead atoms. The van der Waals surface area contributed by atoms with E-state index in [0.717, 1.165) is 17.5 Å². The third kappa shape index (κ3) is 4.14. The monoisotopic (exact) mass is 397 g/mol. The Kier molecular flexibility index (Phi) is 5.98. The Morgan fingerprint density at radius 3 is 2.62 bits per heavy atom. The maximum atomic E-state index is 12.6. The summed E-state index contributed by atoms with van der Waals surface area (Å²) in [5.41, 5.74) is 2.13. The summed E-state index contributed by atoms with van der Waals surface area (Å²) in [5, 5.41) is 0.373. The van der Waals surface area contributed by atoms with Gasteiger partial charge in [0.2, 0.25) is 11.5 Å². The Balaban J connectivity index is 1.75. The Morgan fingerprint density at radius 1 is 1.17 bits per heavy atom. The number of carbonyl (C=O) groups is 2. The summed E-state index contributed by atoms with van der Waals surface area (Å²) in [6.45, 7) is 5.82. The first-order valence-corrected chi connectivity index (χ1v) is 9.24. The molecule has 0 spiro atoms. The molecule has 0 fully saturated rings. The van der Waals surface area contributed by atoms with E-state index in [9.17, 15) is 14.4 Å². The van der Waals surface area contributed by atoms with Crippen LogP contribution in [0.15, 0.2) is 45.6 Å². The Hall–Kier alpha value is -3.19. The van der Waals surface area contributed by atoms with Crippen LogP contribution in [0.3, 0.4) is 0 Å². The maximum absolute atomic E-state index is 12.6. The van der Waals surface area contributed by atoms with Gasteiger partial charge in [0.1, 0.15) is 5.58 Å². The SMILES string of the molecule is COC[C@@H](C)n1c(C)cc(C(=O)COC(=O)c2cc(=O)c3ccccc3o2)c1C. The number of fused-ring (bicyclic) bond motifs is 1. The van der Waals surface area contributed by atoms with Crippen molar-refractivity contribution in [2.24, 2.45) is 0 Å². The van der Waals surface area contributed by atoms with Crippen molar-refractivity contribution >= 4 is 22.7 Å². The fourth-order valence-electron chi connectivity index (χ4n) is 3.54. The summed E-state index contributed by atoms with van der Waals surface area (Å²) in [6.07, 6.45) is 0. The summed E-state index contributed by atoms with van der Waals surface area (Å²) in [4.78, 5) is 37.0. The summed E-state index contributed by atoms with van der Waals surface area (Å²) in [7, 11) is 1.63. The normalized spacial score (nSPS) is 12.1. The highest BCUT2D eigenvalue weighted by molar-refractivity contribution is 6.00. The Morgan fingerprint density at radius 2 is 1.90 bits per heavy atom. The highest BCUT2D eigenvalue weighted by Gasteiger charge is 2.21. The lowest BCUT2D eigenvalue weighted by atomic mass is 10.1. The number of carbonyl (C=O) groups excluding carboxylic acids is 2. The molecule has 0 unspecified atom stereocenters. The van der Waals surface area contributed by atoms with E-state index in [1.165, 1.54) is 0 Å². The zero-order valence-electron chi connectivity index (χ0n) is 16.9. The van der Waals surface area contributed by atoms with E-state index in [2.05, 4.69) is 0 Å². The van der Waals surface area contributed by atoms with Crippen molar-refractivity contribution in [2.45, 2.75) is 26.8 Å². The predicted molar refractivity (Wildman–Crippen MR) is 108 cm³/mol. The van der Waals surface area contributed by atoms with Crippen molar-refractivity contribution in [2.75, 3.05) is 20.3 Å². The molecule has 0 radical (unpaired) electrons. The quantitative estimate of drug-likeness (QED) is 0.448. The highest BCUT2D eigenvalue weighted by Crippen LogP contribution is 2.21. The Labute approximate surface area is 167 Å². The molecular formula is C22H23NO6. The second-order valence-electron chi connectivity index (χ2n) is 6.93. The van der Waals surface area contributed by atoms with Crippen LogP contribution in [0, 0.1) is 13.8 Å². The number of rotatable bonds is 7. The molecule has 2 aromatic heterocycles. The number of aromatic nitrogens is 1. The first-order chi connectivity index (χ1) is 13.8. The van der Waals surface area contributed by atoms with Crippen LogP contribution in [0.4, 0.5) is 0 Å². The molecule has 2 heterocycles. The summed E-state index contributed by atoms with van der Waals surface area (Å²) >= 11 is 0. The van der Waals surface area contributed by atoms with Gasteiger partial charge in [0.15, 0.2) is 12.0 Å². The minimum absolute atomic E-state index is 0.0657. The minimum Gasteiger partial charge on any atom is -0.451 e. The van der Waals surface area contributed by atoms with E-state index in [1.807, 2.05) is 25.3 Å². The fraction of sp³-hybridized carbons (Fsp3) is 0.318. The molecule has 0 saturated carbocycles. The van der Waals surface area contributed by atoms with Gasteiger partial charge in [0.05, 0.1) is 18.0 Å². The average molecular weight is 397 g/mol. The van der Waals surface area contributed by atoms with Crippen LogP contribution < -0.4 is 5.43 Å². The zero-order chi connectivity index (χ0) is 21.1. The lowest BCUT2D eigenvalue weighted by Gasteiger charge is -2.17. The molecule has 0 aliphatic rings. The van der Waals surface area contributed by atoms with Crippen molar-refractivity contribution < 1.29 is 23.5 Å². The van der Waals surface area contributed by atoms with Gasteiger partial charge in [-0.05, 0) is 39.0 Å². The second kappa shape index (κ2) is 8.45. The fourth-order valence-corrected chi connectivity index (χ4v) is 3.54. The lowest BCUT2D eigenvalue weighted by Crippen LogP contribution is -2.17. The molecular weight excluding hydrogens is 374 g/mol. The van der Waals surface area contributed by atoms with Crippen LogP contribution in [0.25, 0.3) is 11.0 Å². The number of hydrogen-bond donors (Lipinski definition) is 0. The topological polar surface area (TPSA) is 87.7 Å². The number of para-hydroxylation sites is 1. The summed E-state index contributed by atoms with van der Waals surface area (Å²) in [5.74, 6) is -1.42. The van der Waals surface area contributed by atoms with Crippen molar-refractivity contribution in [3.05, 3.63) is 69.3 Å². The van der Waals surface area contributed by atoms with Gasteiger partial charge in [-0.3, -0.25) is 9.59 Å². The van der Waals surface area contributed by atoms with Gasteiger partial charge in [-0.2, -0.15) is 0 Å².